The molecule has 6 heteroatoms. The van der Waals surface area contributed by atoms with Crippen molar-refractivity contribution in [2.24, 2.45) is 5.92 Å². The van der Waals surface area contributed by atoms with Gasteiger partial charge in [0.25, 0.3) is 0 Å². The smallest absolute Gasteiger partial charge is 0.321 e. The number of hydrogen-bond donors (Lipinski definition) is 3. The van der Waals surface area contributed by atoms with Crippen molar-refractivity contribution in [1.82, 2.24) is 4.90 Å². The first-order valence-corrected chi connectivity index (χ1v) is 7.18. The molecule has 1 aliphatic rings. The van der Waals surface area contributed by atoms with Crippen molar-refractivity contribution < 1.29 is 14.7 Å². The molecule has 0 spiro atoms. The molecular formula is C15H21N3O3. The zero-order valence-corrected chi connectivity index (χ0v) is 11.9. The van der Waals surface area contributed by atoms with E-state index < -0.39 is 5.97 Å². The molecule has 0 saturated carbocycles. The number of anilines is 2. The Morgan fingerprint density at radius 2 is 2.14 bits per heavy atom. The summed E-state index contributed by atoms with van der Waals surface area (Å²) in [7, 11) is 0. The van der Waals surface area contributed by atoms with E-state index in [1.165, 1.54) is 0 Å². The molecule has 0 bridgehead atoms. The Bertz CT molecular complexity index is 519. The predicted molar refractivity (Wildman–Crippen MR) is 81.0 cm³/mol. The number of nitrogens with zero attached hydrogens (tertiary/aromatic N) is 1. The summed E-state index contributed by atoms with van der Waals surface area (Å²) in [6.45, 7) is 1.30. The van der Waals surface area contributed by atoms with E-state index in [-0.39, 0.29) is 18.4 Å². The Kier molecular flexibility index (Phi) is 5.03. The lowest BCUT2D eigenvalue weighted by Crippen LogP contribution is -2.42. The SMILES string of the molecule is Nc1ccccc1NC(=O)N1CCCC(CCC(=O)O)C1. The molecule has 1 aliphatic heterocycles. The number of carbonyl (C=O) groups excluding carboxylic acids is 1. The van der Waals surface area contributed by atoms with Crippen LogP contribution >= 0.6 is 0 Å². The second-order valence-electron chi connectivity index (χ2n) is 5.40. The molecule has 4 N–H and O–H groups in total. The van der Waals surface area contributed by atoms with Crippen LogP contribution in [0.25, 0.3) is 0 Å². The number of hydrogen-bond acceptors (Lipinski definition) is 3. The predicted octanol–water partition coefficient (Wildman–Crippen LogP) is 2.38. The van der Waals surface area contributed by atoms with Gasteiger partial charge in [0.05, 0.1) is 11.4 Å². The maximum absolute atomic E-state index is 12.2. The van der Waals surface area contributed by atoms with Crippen LogP contribution in [0.15, 0.2) is 24.3 Å². The van der Waals surface area contributed by atoms with E-state index in [0.717, 1.165) is 12.8 Å². The van der Waals surface area contributed by atoms with E-state index in [1.54, 1.807) is 17.0 Å². The fraction of sp³-hybridized carbons (Fsp3) is 0.467. The minimum absolute atomic E-state index is 0.158. The molecule has 1 fully saturated rings. The van der Waals surface area contributed by atoms with Gasteiger partial charge in [-0.1, -0.05) is 12.1 Å². The third kappa shape index (κ3) is 4.37. The number of nitrogen functional groups attached to an aromatic ring is 1. The highest BCUT2D eigenvalue weighted by Gasteiger charge is 2.24. The van der Waals surface area contributed by atoms with Gasteiger partial charge in [-0.05, 0) is 37.3 Å². The van der Waals surface area contributed by atoms with Gasteiger partial charge < -0.3 is 21.1 Å². The minimum Gasteiger partial charge on any atom is -0.481 e. The largest absolute Gasteiger partial charge is 0.481 e. The van der Waals surface area contributed by atoms with E-state index >= 15 is 0 Å². The Balaban J connectivity index is 1.90. The number of benzene rings is 1. The molecule has 1 aromatic rings. The standard InChI is InChI=1S/C15H21N3O3/c16-12-5-1-2-6-13(12)17-15(21)18-9-3-4-11(10-18)7-8-14(19)20/h1-2,5-6,11H,3-4,7-10,16H2,(H,17,21)(H,19,20). The topological polar surface area (TPSA) is 95.7 Å². The summed E-state index contributed by atoms with van der Waals surface area (Å²) in [5.41, 5.74) is 6.95. The summed E-state index contributed by atoms with van der Waals surface area (Å²) in [5, 5.41) is 11.5. The second-order valence-corrected chi connectivity index (χ2v) is 5.40. The maximum atomic E-state index is 12.2. The lowest BCUT2D eigenvalue weighted by molar-refractivity contribution is -0.137. The van der Waals surface area contributed by atoms with Gasteiger partial charge in [-0.15, -0.1) is 0 Å². The molecule has 2 rings (SSSR count). The van der Waals surface area contributed by atoms with Gasteiger partial charge >= 0.3 is 12.0 Å². The number of amides is 2. The molecule has 1 atom stereocenters. The van der Waals surface area contributed by atoms with Crippen molar-refractivity contribution in [1.29, 1.82) is 0 Å². The number of nitrogens with two attached hydrogens (primary N) is 1. The van der Waals surface area contributed by atoms with Crippen LogP contribution in [-0.4, -0.2) is 35.1 Å². The van der Waals surface area contributed by atoms with Crippen LogP contribution in [0.2, 0.25) is 0 Å². The molecule has 0 aromatic heterocycles. The number of piperidine rings is 1. The van der Waals surface area contributed by atoms with Gasteiger partial charge in [0.2, 0.25) is 0 Å². The second kappa shape index (κ2) is 6.97. The van der Waals surface area contributed by atoms with Crippen molar-refractivity contribution in [2.75, 3.05) is 24.1 Å². The number of likely N-dealkylation sites (tertiary alicyclic amines) is 1. The van der Waals surface area contributed by atoms with E-state index in [4.69, 9.17) is 10.8 Å². The van der Waals surface area contributed by atoms with Crippen molar-refractivity contribution in [2.45, 2.75) is 25.7 Å². The average Bonchev–Trinajstić information content (AvgIpc) is 2.48. The number of para-hydroxylation sites is 2. The van der Waals surface area contributed by atoms with Crippen molar-refractivity contribution in [3.05, 3.63) is 24.3 Å². The normalized spacial score (nSPS) is 18.3. The Labute approximate surface area is 123 Å². The van der Waals surface area contributed by atoms with Crippen LogP contribution in [0.4, 0.5) is 16.2 Å². The molecule has 114 valence electrons. The molecular weight excluding hydrogens is 270 g/mol. The van der Waals surface area contributed by atoms with Crippen molar-refractivity contribution in [3.63, 3.8) is 0 Å². The van der Waals surface area contributed by atoms with Crippen molar-refractivity contribution in [3.8, 4) is 0 Å². The first kappa shape index (κ1) is 15.2. The van der Waals surface area contributed by atoms with Crippen LogP contribution in [0.3, 0.4) is 0 Å². The van der Waals surface area contributed by atoms with Gasteiger partial charge in [0.15, 0.2) is 0 Å². The Morgan fingerprint density at radius 1 is 1.38 bits per heavy atom. The lowest BCUT2D eigenvalue weighted by Gasteiger charge is -2.32. The van der Waals surface area contributed by atoms with Gasteiger partial charge in [-0.3, -0.25) is 4.79 Å². The van der Waals surface area contributed by atoms with E-state index in [2.05, 4.69) is 5.32 Å². The molecule has 1 unspecified atom stereocenters. The van der Waals surface area contributed by atoms with E-state index in [0.29, 0.717) is 30.9 Å². The molecule has 6 nitrogen and oxygen atoms in total. The Morgan fingerprint density at radius 3 is 2.86 bits per heavy atom. The number of carbonyl (C=O) groups is 2. The van der Waals surface area contributed by atoms with Crippen LogP contribution in [0, 0.1) is 5.92 Å². The summed E-state index contributed by atoms with van der Waals surface area (Å²) in [6, 6.07) is 6.96. The number of aliphatic carboxylic acids is 1. The number of rotatable bonds is 4. The van der Waals surface area contributed by atoms with Crippen LogP contribution in [0.1, 0.15) is 25.7 Å². The quantitative estimate of drug-likeness (QED) is 0.742. The van der Waals surface area contributed by atoms with Gasteiger partial charge in [0.1, 0.15) is 0 Å². The van der Waals surface area contributed by atoms with Crippen LogP contribution in [-0.2, 0) is 4.79 Å². The maximum Gasteiger partial charge on any atom is 0.321 e. The highest BCUT2D eigenvalue weighted by Crippen LogP contribution is 2.23. The summed E-state index contributed by atoms with van der Waals surface area (Å²) in [5.74, 6) is -0.526. The number of urea groups is 1. The Hall–Kier alpha value is -2.24. The zero-order valence-electron chi connectivity index (χ0n) is 11.9. The first-order chi connectivity index (χ1) is 10.1. The molecule has 0 aliphatic carbocycles. The summed E-state index contributed by atoms with van der Waals surface area (Å²) in [6.07, 6.45) is 2.66. The molecule has 1 aromatic carbocycles. The monoisotopic (exact) mass is 291 g/mol. The molecule has 21 heavy (non-hydrogen) atoms. The van der Waals surface area contributed by atoms with Crippen molar-refractivity contribution >= 4 is 23.4 Å². The number of carboxylic acid groups (broad SMARTS) is 1. The highest BCUT2D eigenvalue weighted by atomic mass is 16.4. The summed E-state index contributed by atoms with van der Waals surface area (Å²) in [4.78, 5) is 24.6. The van der Waals surface area contributed by atoms with Crippen LogP contribution < -0.4 is 11.1 Å². The molecule has 1 heterocycles. The molecule has 2 amide bonds. The number of carboxylic acids is 1. The minimum atomic E-state index is -0.784. The van der Waals surface area contributed by atoms with Gasteiger partial charge in [-0.25, -0.2) is 4.79 Å². The summed E-state index contributed by atoms with van der Waals surface area (Å²) < 4.78 is 0. The molecule has 1 saturated heterocycles. The van der Waals surface area contributed by atoms with Gasteiger partial charge in [-0.2, -0.15) is 0 Å². The highest BCUT2D eigenvalue weighted by molar-refractivity contribution is 5.92. The average molecular weight is 291 g/mol. The van der Waals surface area contributed by atoms with E-state index in [9.17, 15) is 9.59 Å². The fourth-order valence-corrected chi connectivity index (χ4v) is 2.62. The lowest BCUT2D eigenvalue weighted by atomic mass is 9.93. The third-order valence-corrected chi connectivity index (χ3v) is 3.78. The van der Waals surface area contributed by atoms with Crippen LogP contribution in [0.5, 0.6) is 0 Å². The number of nitrogens with one attached hydrogen (secondary N) is 1. The van der Waals surface area contributed by atoms with Gasteiger partial charge in [0, 0.05) is 19.5 Å². The first-order valence-electron chi connectivity index (χ1n) is 7.18. The summed E-state index contributed by atoms with van der Waals surface area (Å²) >= 11 is 0. The fourth-order valence-electron chi connectivity index (χ4n) is 2.62. The zero-order chi connectivity index (χ0) is 15.2. The molecule has 0 radical (unpaired) electrons. The third-order valence-electron chi connectivity index (χ3n) is 3.78. The van der Waals surface area contributed by atoms with E-state index in [1.807, 2.05) is 12.1 Å².